The summed E-state index contributed by atoms with van der Waals surface area (Å²) in [5, 5.41) is 40.3. The van der Waals surface area contributed by atoms with Crippen molar-refractivity contribution in [2.24, 2.45) is 11.8 Å². The largest absolute Gasteiger partial charge is 0.394 e. The molecule has 10 atom stereocenters. The molecule has 0 aliphatic carbocycles. The normalized spacial score (nSPS) is 50.0. The first-order chi connectivity index (χ1) is 11.3. The Bertz CT molecular complexity index is 392. The van der Waals surface area contributed by atoms with Gasteiger partial charge in [0.05, 0.1) is 12.7 Å². The van der Waals surface area contributed by atoms with Crippen molar-refractivity contribution in [3.8, 4) is 0 Å². The van der Waals surface area contributed by atoms with E-state index >= 15 is 0 Å². The molecule has 2 saturated heterocycles. The number of ether oxygens (including phenoxy) is 4. The van der Waals surface area contributed by atoms with E-state index in [0.717, 1.165) is 6.42 Å². The van der Waals surface area contributed by atoms with E-state index in [0.29, 0.717) is 0 Å². The first kappa shape index (κ1) is 20.0. The molecule has 8 nitrogen and oxygen atoms in total. The van der Waals surface area contributed by atoms with E-state index in [2.05, 4.69) is 0 Å². The Morgan fingerprint density at radius 2 is 1.62 bits per heavy atom. The van der Waals surface area contributed by atoms with E-state index in [1.807, 2.05) is 20.8 Å². The van der Waals surface area contributed by atoms with E-state index < -0.39 is 49.7 Å². The van der Waals surface area contributed by atoms with Gasteiger partial charge in [-0.25, -0.2) is 0 Å². The highest BCUT2D eigenvalue weighted by Gasteiger charge is 2.49. The van der Waals surface area contributed by atoms with Crippen LogP contribution in [0.5, 0.6) is 0 Å². The lowest BCUT2D eigenvalue weighted by molar-refractivity contribution is -0.347. The molecule has 2 aliphatic rings. The molecule has 2 aliphatic heterocycles. The quantitative estimate of drug-likeness (QED) is 0.510. The standard InChI is InChI=1S/C16H30O8/c1-5-9-7(2)11(18)16(22-8(9)3)24-14-10(6-17)23-15(21-4)13(20)12(14)19/h7-20H,5-6H2,1-4H3/t7-,8?,9-,10+,11?,12?,13?,14+,15+,16-/m1/s1. The van der Waals surface area contributed by atoms with Crippen LogP contribution in [0.25, 0.3) is 0 Å². The second-order valence-electron chi connectivity index (χ2n) is 6.67. The van der Waals surface area contributed by atoms with Crippen LogP contribution >= 0.6 is 0 Å². The minimum Gasteiger partial charge on any atom is -0.394 e. The van der Waals surface area contributed by atoms with Crippen LogP contribution in [-0.4, -0.2) is 83.3 Å². The Balaban J connectivity index is 2.10. The fourth-order valence-electron chi connectivity index (χ4n) is 3.71. The minimum atomic E-state index is -1.34. The van der Waals surface area contributed by atoms with Crippen LogP contribution in [0.3, 0.4) is 0 Å². The van der Waals surface area contributed by atoms with E-state index in [1.165, 1.54) is 7.11 Å². The van der Waals surface area contributed by atoms with E-state index in [4.69, 9.17) is 18.9 Å². The van der Waals surface area contributed by atoms with Crippen LogP contribution < -0.4 is 0 Å². The van der Waals surface area contributed by atoms with Crippen LogP contribution in [0.2, 0.25) is 0 Å². The number of hydrogen-bond donors (Lipinski definition) is 4. The molecule has 4 N–H and O–H groups in total. The van der Waals surface area contributed by atoms with Gasteiger partial charge in [-0.2, -0.15) is 0 Å². The summed E-state index contributed by atoms with van der Waals surface area (Å²) in [6, 6.07) is 0. The molecule has 0 spiro atoms. The molecule has 24 heavy (non-hydrogen) atoms. The van der Waals surface area contributed by atoms with Gasteiger partial charge in [-0.05, 0) is 18.8 Å². The average Bonchev–Trinajstić information content (AvgIpc) is 2.57. The summed E-state index contributed by atoms with van der Waals surface area (Å²) in [5.74, 6) is 0.152. The van der Waals surface area contributed by atoms with Crippen LogP contribution in [0.4, 0.5) is 0 Å². The summed E-state index contributed by atoms with van der Waals surface area (Å²) in [4.78, 5) is 0. The Morgan fingerprint density at radius 1 is 0.958 bits per heavy atom. The maximum absolute atomic E-state index is 10.5. The number of aliphatic hydroxyl groups excluding tert-OH is 4. The lowest BCUT2D eigenvalue weighted by atomic mass is 9.81. The van der Waals surface area contributed by atoms with Crippen LogP contribution in [0.15, 0.2) is 0 Å². The molecule has 0 radical (unpaired) electrons. The molecule has 2 fully saturated rings. The van der Waals surface area contributed by atoms with Crippen molar-refractivity contribution in [2.75, 3.05) is 13.7 Å². The molecular formula is C16H30O8. The first-order valence-corrected chi connectivity index (χ1v) is 8.49. The highest BCUT2D eigenvalue weighted by atomic mass is 16.7. The number of rotatable bonds is 5. The Labute approximate surface area is 142 Å². The number of methoxy groups -OCH3 is 1. The highest BCUT2D eigenvalue weighted by Crippen LogP contribution is 2.35. The average molecular weight is 350 g/mol. The lowest BCUT2D eigenvalue weighted by Crippen LogP contribution is -2.62. The third kappa shape index (κ3) is 3.76. The van der Waals surface area contributed by atoms with Gasteiger partial charge in [-0.3, -0.25) is 0 Å². The van der Waals surface area contributed by atoms with Crippen LogP contribution in [-0.2, 0) is 18.9 Å². The van der Waals surface area contributed by atoms with Gasteiger partial charge >= 0.3 is 0 Å². The van der Waals surface area contributed by atoms with Gasteiger partial charge in [0.15, 0.2) is 12.6 Å². The monoisotopic (exact) mass is 350 g/mol. The second-order valence-corrected chi connectivity index (χ2v) is 6.67. The predicted molar refractivity (Wildman–Crippen MR) is 82.9 cm³/mol. The van der Waals surface area contributed by atoms with Crippen molar-refractivity contribution in [2.45, 2.75) is 76.4 Å². The molecule has 2 rings (SSSR count). The smallest absolute Gasteiger partial charge is 0.186 e. The SMILES string of the molecule is CC[C@H]1C(C)O[C@H](O[C@@H]2C(O)C(O)[C@@H](OC)O[C@H]2CO)C(O)[C@@H]1C. The van der Waals surface area contributed by atoms with Crippen LogP contribution in [0, 0.1) is 11.8 Å². The maximum atomic E-state index is 10.5. The maximum Gasteiger partial charge on any atom is 0.186 e. The van der Waals surface area contributed by atoms with E-state index in [-0.39, 0.29) is 17.9 Å². The van der Waals surface area contributed by atoms with E-state index in [9.17, 15) is 20.4 Å². The van der Waals surface area contributed by atoms with Crippen molar-refractivity contribution in [1.29, 1.82) is 0 Å². The van der Waals surface area contributed by atoms with Gasteiger partial charge in [-0.1, -0.05) is 20.3 Å². The third-order valence-electron chi connectivity index (χ3n) is 5.26. The van der Waals surface area contributed by atoms with Gasteiger partial charge < -0.3 is 39.4 Å². The summed E-state index contributed by atoms with van der Waals surface area (Å²) < 4.78 is 21.9. The van der Waals surface area contributed by atoms with Gasteiger partial charge in [0, 0.05) is 7.11 Å². The molecular weight excluding hydrogens is 320 g/mol. The first-order valence-electron chi connectivity index (χ1n) is 8.49. The predicted octanol–water partition coefficient (Wildman–Crippen LogP) is -0.775. The molecule has 0 aromatic carbocycles. The number of hydrogen-bond acceptors (Lipinski definition) is 8. The molecule has 4 unspecified atom stereocenters. The zero-order valence-corrected chi connectivity index (χ0v) is 14.6. The zero-order valence-electron chi connectivity index (χ0n) is 14.6. The van der Waals surface area contributed by atoms with Crippen molar-refractivity contribution in [1.82, 2.24) is 0 Å². The molecule has 142 valence electrons. The Kier molecular flexibility index (Phi) is 6.98. The minimum absolute atomic E-state index is 0.0466. The summed E-state index contributed by atoms with van der Waals surface area (Å²) in [6.45, 7) is 5.46. The second kappa shape index (κ2) is 8.37. The summed E-state index contributed by atoms with van der Waals surface area (Å²) in [6.07, 6.45) is -6.79. The van der Waals surface area contributed by atoms with Gasteiger partial charge in [-0.15, -0.1) is 0 Å². The molecule has 0 bridgehead atoms. The summed E-state index contributed by atoms with van der Waals surface area (Å²) in [7, 11) is 1.33. The van der Waals surface area contributed by atoms with Gasteiger partial charge in [0.25, 0.3) is 0 Å². The lowest BCUT2D eigenvalue weighted by Gasteiger charge is -2.46. The molecule has 8 heteroatoms. The molecule has 2 heterocycles. The highest BCUT2D eigenvalue weighted by molar-refractivity contribution is 4.92. The summed E-state index contributed by atoms with van der Waals surface area (Å²) >= 11 is 0. The topological polar surface area (TPSA) is 118 Å². The zero-order chi connectivity index (χ0) is 18.0. The van der Waals surface area contributed by atoms with Gasteiger partial charge in [0.1, 0.15) is 30.5 Å². The van der Waals surface area contributed by atoms with Crippen molar-refractivity contribution >= 4 is 0 Å². The fraction of sp³-hybridized carbons (Fsp3) is 1.00. The van der Waals surface area contributed by atoms with Gasteiger partial charge in [0.2, 0.25) is 0 Å². The summed E-state index contributed by atoms with van der Waals surface area (Å²) in [5.41, 5.74) is 0. The molecule has 0 aromatic heterocycles. The third-order valence-corrected chi connectivity index (χ3v) is 5.26. The molecule has 0 amide bonds. The van der Waals surface area contributed by atoms with Crippen molar-refractivity contribution in [3.05, 3.63) is 0 Å². The molecule has 0 saturated carbocycles. The Morgan fingerprint density at radius 3 is 2.17 bits per heavy atom. The van der Waals surface area contributed by atoms with E-state index in [1.54, 1.807) is 0 Å². The molecule has 0 aromatic rings. The van der Waals surface area contributed by atoms with Crippen molar-refractivity contribution < 1.29 is 39.4 Å². The van der Waals surface area contributed by atoms with Crippen molar-refractivity contribution in [3.63, 3.8) is 0 Å². The fourth-order valence-corrected chi connectivity index (χ4v) is 3.71. The number of aliphatic hydroxyl groups is 4. The van der Waals surface area contributed by atoms with Crippen LogP contribution in [0.1, 0.15) is 27.2 Å². The Hall–Kier alpha value is -0.320.